The zero-order chi connectivity index (χ0) is 9.97. The normalized spacial score (nSPS) is 17.9. The second-order valence-corrected chi connectivity index (χ2v) is 4.44. The highest BCUT2D eigenvalue weighted by Crippen LogP contribution is 2.19. The van der Waals surface area contributed by atoms with E-state index in [-0.39, 0.29) is 0 Å². The molecule has 1 nitrogen and oxygen atoms in total. The molecule has 0 bridgehead atoms. The van der Waals surface area contributed by atoms with Crippen molar-refractivity contribution in [3.05, 3.63) is 35.4 Å². The third-order valence-corrected chi connectivity index (χ3v) is 3.11. The van der Waals surface area contributed by atoms with Crippen LogP contribution in [0.5, 0.6) is 0 Å². The zero-order valence-electron chi connectivity index (χ0n) is 9.16. The minimum Gasteiger partial charge on any atom is -0.297 e. The van der Waals surface area contributed by atoms with Crippen LogP contribution in [0.3, 0.4) is 0 Å². The van der Waals surface area contributed by atoms with Gasteiger partial charge in [0.15, 0.2) is 0 Å². The number of hydrogen-bond donors (Lipinski definition) is 0. The van der Waals surface area contributed by atoms with E-state index in [4.69, 9.17) is 0 Å². The van der Waals surface area contributed by atoms with Crippen LogP contribution in [0, 0.1) is 0 Å². The Morgan fingerprint density at radius 2 is 1.86 bits per heavy atom. The van der Waals surface area contributed by atoms with E-state index in [0.717, 1.165) is 6.54 Å². The van der Waals surface area contributed by atoms with Gasteiger partial charge in [0, 0.05) is 12.6 Å². The highest BCUT2D eigenvalue weighted by molar-refractivity contribution is 5.28. The van der Waals surface area contributed by atoms with Crippen LogP contribution in [-0.2, 0) is 13.0 Å². The molecule has 0 aliphatic carbocycles. The summed E-state index contributed by atoms with van der Waals surface area (Å²) in [4.78, 5) is 2.56. The third kappa shape index (κ3) is 1.98. The lowest BCUT2D eigenvalue weighted by Gasteiger charge is -2.24. The Kier molecular flexibility index (Phi) is 2.87. The molecule has 0 atom stereocenters. The fraction of sp³-hybridized carbons (Fsp3) is 0.538. The topological polar surface area (TPSA) is 3.24 Å². The summed E-state index contributed by atoms with van der Waals surface area (Å²) in [7, 11) is 0. The fourth-order valence-electron chi connectivity index (χ4n) is 2.17. The highest BCUT2D eigenvalue weighted by atomic mass is 15.1. The summed E-state index contributed by atoms with van der Waals surface area (Å²) in [6, 6.07) is 9.53. The number of hydrogen-bond acceptors (Lipinski definition) is 1. The average Bonchev–Trinajstić information content (AvgIpc) is 2.39. The highest BCUT2D eigenvalue weighted by Gasteiger charge is 2.15. The van der Waals surface area contributed by atoms with E-state index >= 15 is 0 Å². The van der Waals surface area contributed by atoms with Gasteiger partial charge in [-0.05, 0) is 44.4 Å². The monoisotopic (exact) mass is 189 g/mol. The van der Waals surface area contributed by atoms with Crippen molar-refractivity contribution in [2.45, 2.75) is 39.3 Å². The SMILES string of the molecule is CC(C)N1CCCc2ccccc2C1. The molecule has 0 amide bonds. The van der Waals surface area contributed by atoms with Crippen LogP contribution >= 0.6 is 0 Å². The second-order valence-electron chi connectivity index (χ2n) is 4.44. The van der Waals surface area contributed by atoms with E-state index in [0.29, 0.717) is 6.04 Å². The smallest absolute Gasteiger partial charge is 0.0239 e. The molecule has 1 heteroatoms. The van der Waals surface area contributed by atoms with E-state index in [1.54, 1.807) is 5.56 Å². The van der Waals surface area contributed by atoms with E-state index in [2.05, 4.69) is 43.0 Å². The van der Waals surface area contributed by atoms with Gasteiger partial charge in [0.05, 0.1) is 0 Å². The molecule has 1 aromatic rings. The van der Waals surface area contributed by atoms with E-state index in [9.17, 15) is 0 Å². The maximum atomic E-state index is 2.56. The van der Waals surface area contributed by atoms with Gasteiger partial charge in [0.1, 0.15) is 0 Å². The molecule has 0 spiro atoms. The van der Waals surface area contributed by atoms with Gasteiger partial charge < -0.3 is 0 Å². The Labute approximate surface area is 86.7 Å². The molecular weight excluding hydrogens is 170 g/mol. The predicted octanol–water partition coefficient (Wildman–Crippen LogP) is 2.84. The number of rotatable bonds is 1. The standard InChI is InChI=1S/C13H19N/c1-11(2)14-9-5-8-12-6-3-4-7-13(12)10-14/h3-4,6-7,11H,5,8-10H2,1-2H3. The minimum absolute atomic E-state index is 0.668. The van der Waals surface area contributed by atoms with Crippen molar-refractivity contribution >= 4 is 0 Å². The Hall–Kier alpha value is -0.820. The van der Waals surface area contributed by atoms with Crippen molar-refractivity contribution in [2.24, 2.45) is 0 Å². The van der Waals surface area contributed by atoms with Crippen LogP contribution in [0.2, 0.25) is 0 Å². The molecule has 0 saturated carbocycles. The Morgan fingerprint density at radius 3 is 2.57 bits per heavy atom. The molecule has 0 N–H and O–H groups in total. The van der Waals surface area contributed by atoms with Crippen LogP contribution in [-0.4, -0.2) is 17.5 Å². The van der Waals surface area contributed by atoms with Crippen LogP contribution in [0.15, 0.2) is 24.3 Å². The fourth-order valence-corrected chi connectivity index (χ4v) is 2.17. The van der Waals surface area contributed by atoms with Crippen LogP contribution in [0.25, 0.3) is 0 Å². The van der Waals surface area contributed by atoms with Gasteiger partial charge in [-0.15, -0.1) is 0 Å². The molecule has 1 aliphatic heterocycles. The van der Waals surface area contributed by atoms with Crippen molar-refractivity contribution in [1.29, 1.82) is 0 Å². The number of benzene rings is 1. The summed E-state index contributed by atoms with van der Waals surface area (Å²) in [5.74, 6) is 0. The van der Waals surface area contributed by atoms with E-state index in [1.807, 2.05) is 0 Å². The first kappa shape index (κ1) is 9.72. The maximum absolute atomic E-state index is 2.56. The zero-order valence-corrected chi connectivity index (χ0v) is 9.16. The van der Waals surface area contributed by atoms with Gasteiger partial charge in [-0.2, -0.15) is 0 Å². The predicted molar refractivity (Wildman–Crippen MR) is 60.3 cm³/mol. The molecule has 0 aromatic heterocycles. The second kappa shape index (κ2) is 4.14. The molecular formula is C13H19N. The lowest BCUT2D eigenvalue weighted by Crippen LogP contribution is -2.30. The summed E-state index contributed by atoms with van der Waals surface area (Å²) in [5, 5.41) is 0. The van der Waals surface area contributed by atoms with Gasteiger partial charge in [0.2, 0.25) is 0 Å². The van der Waals surface area contributed by atoms with Crippen molar-refractivity contribution < 1.29 is 0 Å². The average molecular weight is 189 g/mol. The van der Waals surface area contributed by atoms with Gasteiger partial charge in [0.25, 0.3) is 0 Å². The summed E-state index contributed by atoms with van der Waals surface area (Å²) < 4.78 is 0. The largest absolute Gasteiger partial charge is 0.297 e. The Bertz CT molecular complexity index is 304. The molecule has 76 valence electrons. The van der Waals surface area contributed by atoms with Crippen molar-refractivity contribution in [3.63, 3.8) is 0 Å². The molecule has 1 aromatic carbocycles. The Balaban J connectivity index is 2.22. The number of nitrogens with zero attached hydrogens (tertiary/aromatic N) is 1. The first-order chi connectivity index (χ1) is 6.77. The van der Waals surface area contributed by atoms with E-state index in [1.165, 1.54) is 24.9 Å². The first-order valence-corrected chi connectivity index (χ1v) is 5.58. The van der Waals surface area contributed by atoms with Crippen molar-refractivity contribution in [1.82, 2.24) is 4.90 Å². The summed E-state index contributed by atoms with van der Waals surface area (Å²) >= 11 is 0. The molecule has 2 rings (SSSR count). The van der Waals surface area contributed by atoms with Crippen LogP contribution in [0.4, 0.5) is 0 Å². The summed E-state index contributed by atoms with van der Waals surface area (Å²) in [5.41, 5.74) is 3.08. The number of fused-ring (bicyclic) bond motifs is 1. The quantitative estimate of drug-likeness (QED) is 0.656. The summed E-state index contributed by atoms with van der Waals surface area (Å²) in [6.45, 7) is 6.95. The molecule has 0 saturated heterocycles. The van der Waals surface area contributed by atoms with Gasteiger partial charge in [-0.1, -0.05) is 24.3 Å². The molecule has 14 heavy (non-hydrogen) atoms. The lowest BCUT2D eigenvalue weighted by molar-refractivity contribution is 0.216. The van der Waals surface area contributed by atoms with Gasteiger partial charge in [-0.3, -0.25) is 4.90 Å². The Morgan fingerprint density at radius 1 is 1.14 bits per heavy atom. The van der Waals surface area contributed by atoms with Gasteiger partial charge in [-0.25, -0.2) is 0 Å². The maximum Gasteiger partial charge on any atom is 0.0239 e. The minimum atomic E-state index is 0.668. The van der Waals surface area contributed by atoms with Crippen molar-refractivity contribution in [3.8, 4) is 0 Å². The summed E-state index contributed by atoms with van der Waals surface area (Å²) in [6.07, 6.45) is 2.55. The molecule has 1 heterocycles. The molecule has 0 unspecified atom stereocenters. The van der Waals surface area contributed by atoms with Gasteiger partial charge >= 0.3 is 0 Å². The number of aryl methyl sites for hydroxylation is 1. The van der Waals surface area contributed by atoms with E-state index < -0.39 is 0 Å². The lowest BCUT2D eigenvalue weighted by atomic mass is 10.0. The van der Waals surface area contributed by atoms with Crippen molar-refractivity contribution in [2.75, 3.05) is 6.54 Å². The first-order valence-electron chi connectivity index (χ1n) is 5.58. The van der Waals surface area contributed by atoms with Crippen LogP contribution < -0.4 is 0 Å². The molecule has 0 fully saturated rings. The molecule has 0 radical (unpaired) electrons. The molecule has 1 aliphatic rings. The third-order valence-electron chi connectivity index (χ3n) is 3.11. The van der Waals surface area contributed by atoms with Crippen LogP contribution in [0.1, 0.15) is 31.4 Å².